The van der Waals surface area contributed by atoms with E-state index in [-0.39, 0.29) is 23.2 Å². The molecular formula is C20H22F3N3O3S2. The highest BCUT2D eigenvalue weighted by molar-refractivity contribution is 7.99. The number of anilines is 1. The van der Waals surface area contributed by atoms with Gasteiger partial charge in [-0.15, -0.1) is 11.3 Å². The lowest BCUT2D eigenvalue weighted by Gasteiger charge is -2.18. The van der Waals surface area contributed by atoms with E-state index in [0.717, 1.165) is 47.5 Å². The smallest absolute Gasteiger partial charge is 0.433 e. The maximum absolute atomic E-state index is 12.9. The molecule has 3 rings (SSSR count). The van der Waals surface area contributed by atoms with Gasteiger partial charge < -0.3 is 10.1 Å². The number of halogens is 3. The van der Waals surface area contributed by atoms with Gasteiger partial charge in [0.05, 0.1) is 17.9 Å². The van der Waals surface area contributed by atoms with Gasteiger partial charge in [-0.1, -0.05) is 18.7 Å². The predicted octanol–water partition coefficient (Wildman–Crippen LogP) is 4.90. The third-order valence-corrected chi connectivity index (χ3v) is 6.72. The van der Waals surface area contributed by atoms with E-state index in [4.69, 9.17) is 4.74 Å². The van der Waals surface area contributed by atoms with E-state index in [2.05, 4.69) is 22.2 Å². The third-order valence-electron chi connectivity index (χ3n) is 4.70. The van der Waals surface area contributed by atoms with Crippen LogP contribution in [0.4, 0.5) is 18.2 Å². The van der Waals surface area contributed by atoms with Crippen LogP contribution in [-0.2, 0) is 28.5 Å². The zero-order valence-corrected chi connectivity index (χ0v) is 18.9. The van der Waals surface area contributed by atoms with Crippen LogP contribution in [0.5, 0.6) is 0 Å². The Morgan fingerprint density at radius 2 is 2.10 bits per heavy atom. The summed E-state index contributed by atoms with van der Waals surface area (Å²) in [6.45, 7) is 5.50. The first-order valence-electron chi connectivity index (χ1n) is 9.75. The van der Waals surface area contributed by atoms with Gasteiger partial charge in [0.2, 0.25) is 5.91 Å². The zero-order chi connectivity index (χ0) is 22.8. The van der Waals surface area contributed by atoms with Gasteiger partial charge in [-0.05, 0) is 50.7 Å². The lowest BCUT2D eigenvalue weighted by atomic mass is 9.88. The molecule has 0 radical (unpaired) electrons. The highest BCUT2D eigenvalue weighted by atomic mass is 32.2. The van der Waals surface area contributed by atoms with Crippen molar-refractivity contribution in [3.05, 3.63) is 33.5 Å². The molecule has 0 saturated heterocycles. The summed E-state index contributed by atoms with van der Waals surface area (Å²) in [4.78, 5) is 33.5. The number of thiophene rings is 1. The summed E-state index contributed by atoms with van der Waals surface area (Å²) in [7, 11) is 0. The Balaban J connectivity index is 1.75. The van der Waals surface area contributed by atoms with E-state index in [0.29, 0.717) is 16.5 Å². The number of thioether (sulfide) groups is 1. The highest BCUT2D eigenvalue weighted by Gasteiger charge is 2.33. The van der Waals surface area contributed by atoms with Crippen LogP contribution < -0.4 is 5.32 Å². The summed E-state index contributed by atoms with van der Waals surface area (Å²) >= 11 is 2.16. The van der Waals surface area contributed by atoms with Crippen molar-refractivity contribution in [3.63, 3.8) is 0 Å². The van der Waals surface area contributed by atoms with Gasteiger partial charge in [-0.3, -0.25) is 4.79 Å². The molecular weight excluding hydrogens is 451 g/mol. The lowest BCUT2D eigenvalue weighted by Crippen LogP contribution is -2.18. The Labute approximate surface area is 186 Å². The Morgan fingerprint density at radius 3 is 2.77 bits per heavy atom. The fourth-order valence-electron chi connectivity index (χ4n) is 3.30. The average Bonchev–Trinajstić information content (AvgIpc) is 3.02. The molecule has 2 heterocycles. The summed E-state index contributed by atoms with van der Waals surface area (Å²) in [5, 5.41) is 3.02. The Kier molecular flexibility index (Phi) is 7.25. The van der Waals surface area contributed by atoms with Gasteiger partial charge >= 0.3 is 12.1 Å². The number of nitrogens with zero attached hydrogens (tertiary/aromatic N) is 2. The second kappa shape index (κ2) is 9.56. The van der Waals surface area contributed by atoms with E-state index in [1.807, 2.05) is 0 Å². The summed E-state index contributed by atoms with van der Waals surface area (Å²) in [6.07, 6.45) is -2.07. The highest BCUT2D eigenvalue weighted by Crippen LogP contribution is 2.40. The molecule has 0 bridgehead atoms. The van der Waals surface area contributed by atoms with Crippen LogP contribution in [0.25, 0.3) is 0 Å². The zero-order valence-electron chi connectivity index (χ0n) is 17.3. The SMILES string of the molecule is CCOC(=O)c1c(NC(=O)CSc2nc(C)cc(C(F)(F)F)n2)sc2c1CCC(C)C2. The number of amides is 1. The molecule has 168 valence electrons. The molecule has 1 N–H and O–H groups in total. The molecule has 2 aromatic heterocycles. The largest absolute Gasteiger partial charge is 0.462 e. The molecule has 1 aliphatic carbocycles. The van der Waals surface area contributed by atoms with Crippen molar-refractivity contribution >= 4 is 40.0 Å². The number of fused-ring (bicyclic) bond motifs is 1. The fraction of sp³-hybridized carbons (Fsp3) is 0.500. The Bertz CT molecular complexity index is 992. The van der Waals surface area contributed by atoms with E-state index >= 15 is 0 Å². The lowest BCUT2D eigenvalue weighted by molar-refractivity contribution is -0.141. The molecule has 2 aromatic rings. The van der Waals surface area contributed by atoms with Crippen LogP contribution in [0.3, 0.4) is 0 Å². The van der Waals surface area contributed by atoms with E-state index in [9.17, 15) is 22.8 Å². The van der Waals surface area contributed by atoms with Crippen LogP contribution in [0.1, 0.15) is 52.5 Å². The van der Waals surface area contributed by atoms with Crippen molar-refractivity contribution in [1.82, 2.24) is 9.97 Å². The van der Waals surface area contributed by atoms with E-state index in [1.54, 1.807) is 6.92 Å². The molecule has 0 aliphatic heterocycles. The molecule has 1 atom stereocenters. The van der Waals surface area contributed by atoms with Crippen molar-refractivity contribution in [1.29, 1.82) is 0 Å². The summed E-state index contributed by atoms with van der Waals surface area (Å²) in [6, 6.07) is 0.854. The Hall–Kier alpha value is -2.14. The van der Waals surface area contributed by atoms with Crippen molar-refractivity contribution in [2.45, 2.75) is 51.4 Å². The standard InChI is InChI=1S/C20H22F3N3O3S2/c1-4-29-18(28)16-12-6-5-10(2)7-13(12)31-17(16)26-15(27)9-30-19-24-11(3)8-14(25-19)20(21,22)23/h8,10H,4-7,9H2,1-3H3,(H,26,27). The number of alkyl halides is 3. The number of hydrogen-bond acceptors (Lipinski definition) is 7. The average molecular weight is 474 g/mol. The Morgan fingerprint density at radius 1 is 1.35 bits per heavy atom. The second-order valence-electron chi connectivity index (χ2n) is 7.29. The van der Waals surface area contributed by atoms with Crippen molar-refractivity contribution < 1.29 is 27.5 Å². The number of nitrogens with one attached hydrogen (secondary N) is 1. The van der Waals surface area contributed by atoms with Crippen LogP contribution in [0.2, 0.25) is 0 Å². The summed E-state index contributed by atoms with van der Waals surface area (Å²) in [5.74, 6) is -0.640. The van der Waals surface area contributed by atoms with Gasteiger partial charge in [-0.2, -0.15) is 13.2 Å². The molecule has 1 aliphatic rings. The monoisotopic (exact) mass is 473 g/mol. The van der Waals surface area contributed by atoms with Gasteiger partial charge in [-0.25, -0.2) is 14.8 Å². The number of esters is 1. The molecule has 0 fully saturated rings. The minimum Gasteiger partial charge on any atom is -0.462 e. The normalized spacial score (nSPS) is 16.0. The van der Waals surface area contributed by atoms with Gasteiger partial charge in [0.15, 0.2) is 5.16 Å². The summed E-state index contributed by atoms with van der Waals surface area (Å²) in [5.41, 5.74) is 0.419. The topological polar surface area (TPSA) is 81.2 Å². The first kappa shape index (κ1) is 23.5. The molecule has 1 unspecified atom stereocenters. The number of carbonyl (C=O) groups is 2. The van der Waals surface area contributed by atoms with Crippen LogP contribution in [-0.4, -0.2) is 34.2 Å². The maximum Gasteiger partial charge on any atom is 0.433 e. The molecule has 31 heavy (non-hydrogen) atoms. The minimum atomic E-state index is -4.59. The maximum atomic E-state index is 12.9. The first-order valence-corrected chi connectivity index (χ1v) is 11.6. The van der Waals surface area contributed by atoms with Gasteiger partial charge in [0.25, 0.3) is 0 Å². The quantitative estimate of drug-likeness (QED) is 0.365. The molecule has 0 aromatic carbocycles. The predicted molar refractivity (Wildman–Crippen MR) is 113 cm³/mol. The number of hydrogen-bond donors (Lipinski definition) is 1. The molecule has 0 saturated carbocycles. The number of rotatable bonds is 6. The van der Waals surface area contributed by atoms with Crippen molar-refractivity contribution in [2.24, 2.45) is 5.92 Å². The van der Waals surface area contributed by atoms with Gasteiger partial charge in [0, 0.05) is 10.6 Å². The van der Waals surface area contributed by atoms with Gasteiger partial charge in [0.1, 0.15) is 10.7 Å². The van der Waals surface area contributed by atoms with Crippen LogP contribution >= 0.6 is 23.1 Å². The summed E-state index contributed by atoms with van der Waals surface area (Å²) < 4.78 is 44.0. The van der Waals surface area contributed by atoms with Crippen molar-refractivity contribution in [3.8, 4) is 0 Å². The minimum absolute atomic E-state index is 0.132. The van der Waals surface area contributed by atoms with E-state index < -0.39 is 23.7 Å². The molecule has 1 amide bonds. The number of aromatic nitrogens is 2. The second-order valence-corrected chi connectivity index (χ2v) is 9.34. The van der Waals surface area contributed by atoms with Crippen molar-refractivity contribution in [2.75, 3.05) is 17.7 Å². The first-order chi connectivity index (χ1) is 14.6. The third kappa shape index (κ3) is 5.76. The van der Waals surface area contributed by atoms with Crippen LogP contribution in [0, 0.1) is 12.8 Å². The fourth-order valence-corrected chi connectivity index (χ4v) is 5.42. The number of aryl methyl sites for hydroxylation is 1. The van der Waals surface area contributed by atoms with Crippen LogP contribution in [0.15, 0.2) is 11.2 Å². The molecule has 11 heteroatoms. The number of ether oxygens (including phenoxy) is 1. The van der Waals surface area contributed by atoms with E-state index in [1.165, 1.54) is 18.3 Å². The number of carbonyl (C=O) groups excluding carboxylic acids is 2. The molecule has 6 nitrogen and oxygen atoms in total. The molecule has 0 spiro atoms.